The van der Waals surface area contributed by atoms with Crippen LogP contribution in [-0.4, -0.2) is 10.9 Å². The van der Waals surface area contributed by atoms with Gasteiger partial charge in [-0.15, -0.1) is 0 Å². The third-order valence-corrected chi connectivity index (χ3v) is 4.95. The Morgan fingerprint density at radius 2 is 2.14 bits per heavy atom. The van der Waals surface area contributed by atoms with Gasteiger partial charge >= 0.3 is 0 Å². The Hall–Kier alpha value is -2.41. The Labute approximate surface area is 129 Å². The van der Waals surface area contributed by atoms with E-state index in [1.165, 1.54) is 0 Å². The highest BCUT2D eigenvalue weighted by atomic mass is 16.2. The zero-order chi connectivity index (χ0) is 15.3. The van der Waals surface area contributed by atoms with Gasteiger partial charge in [0.05, 0.1) is 11.5 Å². The molecule has 1 aromatic heterocycles. The van der Waals surface area contributed by atoms with E-state index in [-0.39, 0.29) is 17.2 Å². The number of amides is 1. The summed E-state index contributed by atoms with van der Waals surface area (Å²) in [6.07, 6.45) is 4.65. The SMILES string of the molecule is CC1C[C@@]1(C#N)c1ccc2cnc(NC(=O)C3CC3)cc2c1. The number of rotatable bonds is 3. The summed E-state index contributed by atoms with van der Waals surface area (Å²) in [5.74, 6) is 1.23. The Morgan fingerprint density at radius 1 is 1.36 bits per heavy atom. The lowest BCUT2D eigenvalue weighted by Gasteiger charge is -2.10. The fraction of sp³-hybridized carbons (Fsp3) is 0.389. The highest BCUT2D eigenvalue weighted by molar-refractivity contribution is 5.95. The monoisotopic (exact) mass is 291 g/mol. The third-order valence-electron chi connectivity index (χ3n) is 4.95. The number of aromatic nitrogens is 1. The van der Waals surface area contributed by atoms with Gasteiger partial charge in [-0.3, -0.25) is 4.79 Å². The van der Waals surface area contributed by atoms with E-state index in [1.54, 1.807) is 6.20 Å². The molecule has 0 aliphatic heterocycles. The van der Waals surface area contributed by atoms with E-state index in [0.29, 0.717) is 11.7 Å². The predicted octanol–water partition coefficient (Wildman–Crippen LogP) is 3.38. The number of nitrogens with zero attached hydrogens (tertiary/aromatic N) is 2. The summed E-state index contributed by atoms with van der Waals surface area (Å²) in [4.78, 5) is 16.1. The first-order valence-corrected chi connectivity index (χ1v) is 7.75. The van der Waals surface area contributed by atoms with Crippen molar-refractivity contribution in [2.24, 2.45) is 11.8 Å². The largest absolute Gasteiger partial charge is 0.310 e. The van der Waals surface area contributed by atoms with E-state index in [2.05, 4.69) is 29.4 Å². The van der Waals surface area contributed by atoms with E-state index >= 15 is 0 Å². The molecule has 2 aliphatic carbocycles. The van der Waals surface area contributed by atoms with Crippen LogP contribution < -0.4 is 5.32 Å². The van der Waals surface area contributed by atoms with Gasteiger partial charge in [-0.05, 0) is 48.3 Å². The number of hydrogen-bond donors (Lipinski definition) is 1. The van der Waals surface area contributed by atoms with Crippen LogP contribution in [0.15, 0.2) is 30.5 Å². The molecule has 2 aliphatic rings. The second kappa shape index (κ2) is 4.54. The van der Waals surface area contributed by atoms with Crippen LogP contribution >= 0.6 is 0 Å². The summed E-state index contributed by atoms with van der Waals surface area (Å²) in [7, 11) is 0. The number of nitriles is 1. The quantitative estimate of drug-likeness (QED) is 0.942. The molecule has 2 aromatic rings. The molecule has 1 N–H and O–H groups in total. The first-order valence-electron chi connectivity index (χ1n) is 7.75. The van der Waals surface area contributed by atoms with Crippen LogP contribution in [0.5, 0.6) is 0 Å². The molecule has 2 atom stereocenters. The molecule has 2 saturated carbocycles. The lowest BCUT2D eigenvalue weighted by molar-refractivity contribution is -0.117. The van der Waals surface area contributed by atoms with Crippen LogP contribution in [0.25, 0.3) is 10.8 Å². The maximum absolute atomic E-state index is 11.8. The molecule has 1 heterocycles. The Kier molecular flexibility index (Phi) is 2.74. The molecule has 22 heavy (non-hydrogen) atoms. The standard InChI is InChI=1S/C18H17N3O/c1-11-8-18(11,10-19)15-5-4-13-9-20-16(7-14(13)6-15)21-17(22)12-2-3-12/h4-7,9,11-12H,2-3,8H2,1H3,(H,20,21,22)/t11?,18-/m0/s1. The second-order valence-corrected chi connectivity index (χ2v) is 6.58. The van der Waals surface area contributed by atoms with Crippen molar-refractivity contribution in [3.05, 3.63) is 36.0 Å². The normalized spacial score (nSPS) is 26.5. The summed E-state index contributed by atoms with van der Waals surface area (Å²) >= 11 is 0. The van der Waals surface area contributed by atoms with Crippen molar-refractivity contribution < 1.29 is 4.79 Å². The number of benzene rings is 1. The first-order chi connectivity index (χ1) is 10.6. The van der Waals surface area contributed by atoms with Crippen molar-refractivity contribution in [2.75, 3.05) is 5.32 Å². The summed E-state index contributed by atoms with van der Waals surface area (Å²) in [5, 5.41) is 14.4. The number of anilines is 1. The topological polar surface area (TPSA) is 65.8 Å². The van der Waals surface area contributed by atoms with Crippen LogP contribution in [0, 0.1) is 23.2 Å². The van der Waals surface area contributed by atoms with Crippen LogP contribution in [-0.2, 0) is 10.2 Å². The number of carbonyl (C=O) groups excluding carboxylic acids is 1. The van der Waals surface area contributed by atoms with Gasteiger partial charge in [0.2, 0.25) is 5.91 Å². The zero-order valence-corrected chi connectivity index (χ0v) is 12.5. The fourth-order valence-corrected chi connectivity index (χ4v) is 3.11. The number of carbonyl (C=O) groups is 1. The van der Waals surface area contributed by atoms with E-state index in [0.717, 1.165) is 35.6 Å². The molecule has 4 heteroatoms. The van der Waals surface area contributed by atoms with Crippen LogP contribution in [0.1, 0.15) is 31.7 Å². The van der Waals surface area contributed by atoms with Crippen molar-refractivity contribution in [2.45, 2.75) is 31.6 Å². The number of pyridine rings is 1. The van der Waals surface area contributed by atoms with Crippen LogP contribution in [0.2, 0.25) is 0 Å². The lowest BCUT2D eigenvalue weighted by Crippen LogP contribution is -2.14. The van der Waals surface area contributed by atoms with Crippen molar-refractivity contribution >= 4 is 22.5 Å². The summed E-state index contributed by atoms with van der Waals surface area (Å²) in [6, 6.07) is 10.5. The van der Waals surface area contributed by atoms with Crippen LogP contribution in [0.4, 0.5) is 5.82 Å². The Bertz CT molecular complexity index is 819. The van der Waals surface area contributed by atoms with Gasteiger partial charge < -0.3 is 5.32 Å². The summed E-state index contributed by atoms with van der Waals surface area (Å²) in [5.41, 5.74) is 0.746. The van der Waals surface area contributed by atoms with E-state index in [9.17, 15) is 10.1 Å². The van der Waals surface area contributed by atoms with Gasteiger partial charge in [-0.1, -0.05) is 19.1 Å². The predicted molar refractivity (Wildman–Crippen MR) is 84.2 cm³/mol. The minimum absolute atomic E-state index is 0.0623. The molecule has 1 amide bonds. The molecular formula is C18H17N3O. The summed E-state index contributed by atoms with van der Waals surface area (Å²) in [6.45, 7) is 2.11. The maximum atomic E-state index is 11.8. The average molecular weight is 291 g/mol. The first kappa shape index (κ1) is 13.3. The van der Waals surface area contributed by atoms with Crippen molar-refractivity contribution in [1.82, 2.24) is 4.98 Å². The van der Waals surface area contributed by atoms with Gasteiger partial charge in [0.25, 0.3) is 0 Å². The molecular weight excluding hydrogens is 274 g/mol. The Morgan fingerprint density at radius 3 is 2.77 bits per heavy atom. The van der Waals surface area contributed by atoms with Gasteiger partial charge in [0.15, 0.2) is 0 Å². The van der Waals surface area contributed by atoms with Crippen molar-refractivity contribution in [3.63, 3.8) is 0 Å². The molecule has 4 nitrogen and oxygen atoms in total. The van der Waals surface area contributed by atoms with E-state index < -0.39 is 0 Å². The minimum Gasteiger partial charge on any atom is -0.310 e. The second-order valence-electron chi connectivity index (χ2n) is 6.58. The van der Waals surface area contributed by atoms with E-state index in [4.69, 9.17) is 0 Å². The number of fused-ring (bicyclic) bond motifs is 1. The lowest BCUT2D eigenvalue weighted by atomic mass is 9.93. The van der Waals surface area contributed by atoms with Crippen molar-refractivity contribution in [1.29, 1.82) is 5.26 Å². The molecule has 2 fully saturated rings. The molecule has 0 radical (unpaired) electrons. The van der Waals surface area contributed by atoms with Gasteiger partial charge in [-0.2, -0.15) is 5.26 Å². The summed E-state index contributed by atoms with van der Waals surface area (Å²) < 4.78 is 0. The zero-order valence-electron chi connectivity index (χ0n) is 12.5. The van der Waals surface area contributed by atoms with Gasteiger partial charge in [0.1, 0.15) is 5.82 Å². The maximum Gasteiger partial charge on any atom is 0.228 e. The number of nitrogens with one attached hydrogen (secondary N) is 1. The fourth-order valence-electron chi connectivity index (χ4n) is 3.11. The number of hydrogen-bond acceptors (Lipinski definition) is 3. The van der Waals surface area contributed by atoms with Crippen LogP contribution in [0.3, 0.4) is 0 Å². The van der Waals surface area contributed by atoms with E-state index in [1.807, 2.05) is 18.2 Å². The molecule has 0 bridgehead atoms. The molecule has 110 valence electrons. The van der Waals surface area contributed by atoms with Gasteiger partial charge in [-0.25, -0.2) is 4.98 Å². The minimum atomic E-state index is -0.325. The molecule has 4 rings (SSSR count). The van der Waals surface area contributed by atoms with Crippen molar-refractivity contribution in [3.8, 4) is 6.07 Å². The molecule has 1 unspecified atom stereocenters. The van der Waals surface area contributed by atoms with Gasteiger partial charge in [0, 0.05) is 17.5 Å². The highest BCUT2D eigenvalue weighted by Gasteiger charge is 2.53. The molecule has 0 spiro atoms. The Balaban J connectivity index is 1.69. The highest BCUT2D eigenvalue weighted by Crippen LogP contribution is 2.53. The third kappa shape index (κ3) is 2.05. The molecule has 0 saturated heterocycles. The molecule has 1 aromatic carbocycles. The smallest absolute Gasteiger partial charge is 0.228 e. The average Bonchev–Trinajstić information content (AvgIpc) is 3.42.